The number of hydrogen-bond acceptors (Lipinski definition) is 3. The summed E-state index contributed by atoms with van der Waals surface area (Å²) in [7, 11) is 0. The average Bonchev–Trinajstić information content (AvgIpc) is 2.55. The van der Waals surface area contributed by atoms with Gasteiger partial charge in [-0.3, -0.25) is 0 Å². The minimum Gasteiger partial charge on any atom is -0.370 e. The lowest BCUT2D eigenvalue weighted by Gasteiger charge is -2.34. The molecular weight excluding hydrogens is 326 g/mol. The van der Waals surface area contributed by atoms with Crippen molar-refractivity contribution < 1.29 is 0 Å². The quantitative estimate of drug-likeness (QED) is 0.772. The molecule has 0 amide bonds. The van der Waals surface area contributed by atoms with E-state index in [-0.39, 0.29) is 0 Å². The SMILES string of the molecule is N#Cc1c(N2CCC(c3ccccc3)CC2)ccnc1Br. The molecule has 21 heavy (non-hydrogen) atoms. The van der Waals surface area contributed by atoms with Gasteiger partial charge in [-0.2, -0.15) is 5.26 Å². The number of benzene rings is 1. The lowest BCUT2D eigenvalue weighted by atomic mass is 9.89. The summed E-state index contributed by atoms with van der Waals surface area (Å²) < 4.78 is 0.632. The van der Waals surface area contributed by atoms with Crippen molar-refractivity contribution in [3.05, 3.63) is 58.3 Å². The van der Waals surface area contributed by atoms with Crippen molar-refractivity contribution in [3.8, 4) is 6.07 Å². The second kappa shape index (κ2) is 6.28. The van der Waals surface area contributed by atoms with Crippen molar-refractivity contribution in [2.75, 3.05) is 18.0 Å². The van der Waals surface area contributed by atoms with Gasteiger partial charge in [-0.1, -0.05) is 30.3 Å². The van der Waals surface area contributed by atoms with Crippen molar-refractivity contribution in [1.29, 1.82) is 5.26 Å². The van der Waals surface area contributed by atoms with E-state index in [9.17, 15) is 5.26 Å². The number of piperidine rings is 1. The van der Waals surface area contributed by atoms with Crippen molar-refractivity contribution in [1.82, 2.24) is 4.98 Å². The number of rotatable bonds is 2. The second-order valence-corrected chi connectivity index (χ2v) is 6.03. The molecular formula is C17H16BrN3. The molecule has 3 rings (SSSR count). The second-order valence-electron chi connectivity index (χ2n) is 5.28. The first-order valence-electron chi connectivity index (χ1n) is 7.14. The Morgan fingerprint density at radius 1 is 1.14 bits per heavy atom. The molecule has 106 valence electrons. The monoisotopic (exact) mass is 341 g/mol. The smallest absolute Gasteiger partial charge is 0.125 e. The van der Waals surface area contributed by atoms with E-state index >= 15 is 0 Å². The van der Waals surface area contributed by atoms with Gasteiger partial charge in [0.2, 0.25) is 0 Å². The molecule has 0 saturated carbocycles. The van der Waals surface area contributed by atoms with Crippen LogP contribution in [0.25, 0.3) is 0 Å². The predicted octanol–water partition coefficient (Wildman–Crippen LogP) is 4.10. The van der Waals surface area contributed by atoms with Crippen molar-refractivity contribution in [2.24, 2.45) is 0 Å². The zero-order chi connectivity index (χ0) is 14.7. The molecule has 1 aromatic carbocycles. The Bertz CT molecular complexity index is 655. The first-order chi connectivity index (χ1) is 10.3. The Morgan fingerprint density at radius 3 is 2.52 bits per heavy atom. The molecule has 1 fully saturated rings. The van der Waals surface area contributed by atoms with E-state index in [2.05, 4.69) is 62.2 Å². The van der Waals surface area contributed by atoms with Gasteiger partial charge in [-0.25, -0.2) is 4.98 Å². The molecule has 3 nitrogen and oxygen atoms in total. The van der Waals surface area contributed by atoms with E-state index in [0.717, 1.165) is 31.6 Å². The van der Waals surface area contributed by atoms with Crippen LogP contribution in [0.2, 0.25) is 0 Å². The van der Waals surface area contributed by atoms with E-state index in [4.69, 9.17) is 0 Å². The van der Waals surface area contributed by atoms with Crippen molar-refractivity contribution in [2.45, 2.75) is 18.8 Å². The van der Waals surface area contributed by atoms with Crippen LogP contribution in [0.4, 0.5) is 5.69 Å². The standard InChI is InChI=1S/C17H16BrN3/c18-17-15(12-19)16(6-9-20-17)21-10-7-14(8-11-21)13-4-2-1-3-5-13/h1-6,9,14H,7-8,10-11H2. The lowest BCUT2D eigenvalue weighted by Crippen LogP contribution is -2.33. The average molecular weight is 342 g/mol. The van der Waals surface area contributed by atoms with E-state index in [1.807, 2.05) is 6.07 Å². The molecule has 1 aromatic heterocycles. The maximum atomic E-state index is 9.31. The number of nitrogens with zero attached hydrogens (tertiary/aromatic N) is 3. The number of anilines is 1. The molecule has 1 aliphatic heterocycles. The van der Waals surface area contributed by atoms with Crippen LogP contribution in [0.5, 0.6) is 0 Å². The Morgan fingerprint density at radius 2 is 1.86 bits per heavy atom. The minimum absolute atomic E-state index is 0.623. The van der Waals surface area contributed by atoms with Crippen LogP contribution < -0.4 is 4.90 Å². The van der Waals surface area contributed by atoms with Crippen LogP contribution in [0.1, 0.15) is 29.9 Å². The molecule has 0 N–H and O–H groups in total. The first-order valence-corrected chi connectivity index (χ1v) is 7.93. The van der Waals surface area contributed by atoms with Crippen molar-refractivity contribution >= 4 is 21.6 Å². The fourth-order valence-electron chi connectivity index (χ4n) is 2.97. The van der Waals surface area contributed by atoms with Gasteiger partial charge in [-0.05, 0) is 46.3 Å². The molecule has 0 aliphatic carbocycles. The minimum atomic E-state index is 0.623. The lowest BCUT2D eigenvalue weighted by molar-refractivity contribution is 0.505. The van der Waals surface area contributed by atoms with Crippen LogP contribution in [0.15, 0.2) is 47.2 Å². The summed E-state index contributed by atoms with van der Waals surface area (Å²) in [4.78, 5) is 6.43. The van der Waals surface area contributed by atoms with E-state index in [1.165, 1.54) is 5.56 Å². The molecule has 0 bridgehead atoms. The Balaban J connectivity index is 1.75. The maximum absolute atomic E-state index is 9.31. The predicted molar refractivity (Wildman–Crippen MR) is 87.3 cm³/mol. The van der Waals surface area contributed by atoms with E-state index < -0.39 is 0 Å². The van der Waals surface area contributed by atoms with Crippen LogP contribution in [-0.4, -0.2) is 18.1 Å². The largest absolute Gasteiger partial charge is 0.370 e. The summed E-state index contributed by atoms with van der Waals surface area (Å²) in [5.41, 5.74) is 3.05. The molecule has 1 saturated heterocycles. The van der Waals surface area contributed by atoms with Crippen LogP contribution >= 0.6 is 15.9 Å². The molecule has 4 heteroatoms. The Kier molecular flexibility index (Phi) is 4.21. The summed E-state index contributed by atoms with van der Waals surface area (Å²) >= 11 is 3.36. The molecule has 0 atom stereocenters. The highest BCUT2D eigenvalue weighted by atomic mass is 79.9. The molecule has 0 spiro atoms. The highest BCUT2D eigenvalue weighted by Crippen LogP contribution is 2.32. The Labute approximate surface area is 133 Å². The van der Waals surface area contributed by atoms with Gasteiger partial charge in [0.05, 0.1) is 5.69 Å². The van der Waals surface area contributed by atoms with Gasteiger partial charge in [0.1, 0.15) is 16.2 Å². The normalized spacial score (nSPS) is 15.7. The molecule has 0 radical (unpaired) electrons. The number of nitriles is 1. The number of pyridine rings is 1. The number of halogens is 1. The Hall–Kier alpha value is -1.86. The van der Waals surface area contributed by atoms with Gasteiger partial charge in [0.25, 0.3) is 0 Å². The third kappa shape index (κ3) is 2.93. The van der Waals surface area contributed by atoms with Gasteiger partial charge in [0.15, 0.2) is 0 Å². The highest BCUT2D eigenvalue weighted by Gasteiger charge is 2.23. The number of hydrogen-bond donors (Lipinski definition) is 0. The van der Waals surface area contributed by atoms with E-state index in [1.54, 1.807) is 6.20 Å². The molecule has 2 heterocycles. The van der Waals surface area contributed by atoms with E-state index in [0.29, 0.717) is 16.1 Å². The van der Waals surface area contributed by atoms with Crippen LogP contribution in [0.3, 0.4) is 0 Å². The van der Waals surface area contributed by atoms with Gasteiger partial charge in [0, 0.05) is 19.3 Å². The van der Waals surface area contributed by atoms with Crippen LogP contribution in [-0.2, 0) is 0 Å². The fourth-order valence-corrected chi connectivity index (χ4v) is 3.38. The van der Waals surface area contributed by atoms with Crippen LogP contribution in [0, 0.1) is 11.3 Å². The zero-order valence-corrected chi connectivity index (χ0v) is 13.3. The van der Waals surface area contributed by atoms with Gasteiger partial charge >= 0.3 is 0 Å². The third-order valence-corrected chi connectivity index (χ3v) is 4.70. The first kappa shape index (κ1) is 14.1. The summed E-state index contributed by atoms with van der Waals surface area (Å²) in [6.45, 7) is 1.95. The van der Waals surface area contributed by atoms with Crippen molar-refractivity contribution in [3.63, 3.8) is 0 Å². The van der Waals surface area contributed by atoms with Gasteiger partial charge < -0.3 is 4.90 Å². The molecule has 1 aliphatic rings. The topological polar surface area (TPSA) is 39.9 Å². The fraction of sp³-hybridized carbons (Fsp3) is 0.294. The summed E-state index contributed by atoms with van der Waals surface area (Å²) in [5, 5.41) is 9.31. The summed E-state index contributed by atoms with van der Waals surface area (Å²) in [6, 6.07) is 14.9. The summed E-state index contributed by atoms with van der Waals surface area (Å²) in [5.74, 6) is 0.623. The highest BCUT2D eigenvalue weighted by molar-refractivity contribution is 9.10. The molecule has 2 aromatic rings. The molecule has 0 unspecified atom stereocenters. The number of aromatic nitrogens is 1. The third-order valence-electron chi connectivity index (χ3n) is 4.10. The van der Waals surface area contributed by atoms with Gasteiger partial charge in [-0.15, -0.1) is 0 Å². The zero-order valence-electron chi connectivity index (χ0n) is 11.7. The maximum Gasteiger partial charge on any atom is 0.125 e. The summed E-state index contributed by atoms with van der Waals surface area (Å²) in [6.07, 6.45) is 3.99.